The third kappa shape index (κ3) is 6.53. The van der Waals surface area contributed by atoms with Crippen molar-refractivity contribution >= 4 is 17.5 Å². The molecule has 8 heteroatoms. The van der Waals surface area contributed by atoms with Crippen molar-refractivity contribution in [1.82, 2.24) is 5.32 Å². The van der Waals surface area contributed by atoms with E-state index in [1.807, 2.05) is 30.3 Å². The van der Waals surface area contributed by atoms with Crippen LogP contribution in [0.5, 0.6) is 11.5 Å². The lowest BCUT2D eigenvalue weighted by Crippen LogP contribution is -2.38. The molecular weight excluding hydrogens is 406 g/mol. The Hall–Kier alpha value is -3.94. The molecule has 0 aliphatic heterocycles. The fourth-order valence-corrected chi connectivity index (χ4v) is 2.56. The summed E-state index contributed by atoms with van der Waals surface area (Å²) >= 11 is 0. The topological polar surface area (TPSA) is 67.9 Å². The number of benzene rings is 3. The highest BCUT2D eigenvalue weighted by atomic mass is 19.2. The van der Waals surface area contributed by atoms with Crippen LogP contribution in [0.4, 0.5) is 14.6 Å². The minimum Gasteiger partial charge on any atom is -0.489 e. The Labute approximate surface area is 177 Å². The van der Waals surface area contributed by atoms with Gasteiger partial charge >= 0.3 is 0 Å². The molecule has 0 radical (unpaired) electrons. The van der Waals surface area contributed by atoms with Gasteiger partial charge in [0, 0.05) is 0 Å². The van der Waals surface area contributed by atoms with Crippen molar-refractivity contribution in [2.24, 2.45) is 0 Å². The first-order chi connectivity index (χ1) is 15.0. The summed E-state index contributed by atoms with van der Waals surface area (Å²) < 4.78 is 38.5. The van der Waals surface area contributed by atoms with Gasteiger partial charge in [-0.25, -0.2) is 4.39 Å². The van der Waals surface area contributed by atoms with Gasteiger partial charge in [0.25, 0.3) is 11.8 Å². The molecule has 0 unspecified atom stereocenters. The zero-order valence-electron chi connectivity index (χ0n) is 16.5. The standard InChI is InChI=1S/C23H20F2N2O4/c24-20-8-4-5-9-21(20)27(25)23(29)14-26-22(28)16-31-19-12-10-18(11-13-19)30-15-17-6-2-1-3-7-17/h1-13H,14-16H2,(H,26,28). The Kier molecular flexibility index (Phi) is 7.53. The molecule has 0 fully saturated rings. The molecule has 0 spiro atoms. The predicted molar refractivity (Wildman–Crippen MR) is 111 cm³/mol. The second-order valence-corrected chi connectivity index (χ2v) is 6.44. The third-order valence-electron chi connectivity index (χ3n) is 4.16. The first-order valence-corrected chi connectivity index (χ1v) is 9.42. The van der Waals surface area contributed by atoms with E-state index in [0.29, 0.717) is 18.1 Å². The van der Waals surface area contributed by atoms with Gasteiger partial charge in [-0.2, -0.15) is 0 Å². The summed E-state index contributed by atoms with van der Waals surface area (Å²) in [5.41, 5.74) is 0.517. The fraction of sp³-hybridized carbons (Fsp3) is 0.130. The average Bonchev–Trinajstić information content (AvgIpc) is 2.81. The van der Waals surface area contributed by atoms with Crippen molar-refractivity contribution in [3.63, 3.8) is 0 Å². The molecule has 0 aliphatic rings. The molecule has 0 heterocycles. The van der Waals surface area contributed by atoms with E-state index in [1.54, 1.807) is 24.3 Å². The molecule has 0 aromatic heterocycles. The van der Waals surface area contributed by atoms with Crippen LogP contribution in [0.25, 0.3) is 0 Å². The van der Waals surface area contributed by atoms with E-state index in [1.165, 1.54) is 12.1 Å². The number of carbonyl (C=O) groups excluding carboxylic acids is 2. The Morgan fingerprint density at radius 1 is 0.839 bits per heavy atom. The van der Waals surface area contributed by atoms with E-state index in [-0.39, 0.29) is 11.7 Å². The molecule has 0 saturated heterocycles. The summed E-state index contributed by atoms with van der Waals surface area (Å²) in [6.45, 7) is -0.585. The molecule has 1 N–H and O–H groups in total. The van der Waals surface area contributed by atoms with Crippen molar-refractivity contribution in [2.45, 2.75) is 6.61 Å². The van der Waals surface area contributed by atoms with Gasteiger partial charge in [-0.05, 0) is 42.0 Å². The lowest BCUT2D eigenvalue weighted by Gasteiger charge is -2.13. The molecule has 2 amide bonds. The Morgan fingerprint density at radius 2 is 1.45 bits per heavy atom. The highest BCUT2D eigenvalue weighted by molar-refractivity contribution is 5.95. The second kappa shape index (κ2) is 10.7. The highest BCUT2D eigenvalue weighted by Gasteiger charge is 2.19. The molecule has 160 valence electrons. The maximum absolute atomic E-state index is 13.9. The van der Waals surface area contributed by atoms with E-state index in [4.69, 9.17) is 9.47 Å². The van der Waals surface area contributed by atoms with Gasteiger partial charge in [0.2, 0.25) is 0 Å². The van der Waals surface area contributed by atoms with E-state index >= 15 is 0 Å². The number of anilines is 1. The number of amides is 2. The number of halogens is 2. The van der Waals surface area contributed by atoms with Crippen molar-refractivity contribution < 1.29 is 27.9 Å². The van der Waals surface area contributed by atoms with Crippen molar-refractivity contribution in [1.29, 1.82) is 0 Å². The zero-order valence-corrected chi connectivity index (χ0v) is 16.5. The first-order valence-electron chi connectivity index (χ1n) is 9.42. The number of nitrogens with zero attached hydrogens (tertiary/aromatic N) is 1. The van der Waals surface area contributed by atoms with Gasteiger partial charge < -0.3 is 14.8 Å². The summed E-state index contributed by atoms with van der Waals surface area (Å²) in [6, 6.07) is 21.3. The maximum Gasteiger partial charge on any atom is 0.274 e. The summed E-state index contributed by atoms with van der Waals surface area (Å²) in [6.07, 6.45) is 0. The van der Waals surface area contributed by atoms with Crippen LogP contribution in [0.15, 0.2) is 78.9 Å². The number of nitrogens with one attached hydrogen (secondary N) is 1. The molecule has 0 bridgehead atoms. The Balaban J connectivity index is 1.40. The normalized spacial score (nSPS) is 10.3. The summed E-state index contributed by atoms with van der Waals surface area (Å²) in [4.78, 5) is 23.6. The quantitative estimate of drug-likeness (QED) is 0.529. The Bertz CT molecular complexity index is 1010. The van der Waals surface area contributed by atoms with Crippen LogP contribution in [-0.4, -0.2) is 25.0 Å². The van der Waals surface area contributed by atoms with Crippen LogP contribution in [0, 0.1) is 5.82 Å². The van der Waals surface area contributed by atoms with E-state index in [9.17, 15) is 18.5 Å². The number of para-hydroxylation sites is 1. The van der Waals surface area contributed by atoms with Crippen LogP contribution in [0.3, 0.4) is 0 Å². The van der Waals surface area contributed by atoms with Crippen molar-refractivity contribution in [3.8, 4) is 11.5 Å². The predicted octanol–water partition coefficient (Wildman–Crippen LogP) is 3.82. The lowest BCUT2D eigenvalue weighted by atomic mass is 10.2. The minimum absolute atomic E-state index is 0.343. The molecule has 6 nitrogen and oxygen atoms in total. The Morgan fingerprint density at radius 3 is 2.13 bits per heavy atom. The van der Waals surface area contributed by atoms with Gasteiger partial charge in [0.15, 0.2) is 6.61 Å². The average molecular weight is 426 g/mol. The summed E-state index contributed by atoms with van der Waals surface area (Å²) in [7, 11) is 0. The fourth-order valence-electron chi connectivity index (χ4n) is 2.56. The van der Waals surface area contributed by atoms with Crippen LogP contribution in [0.1, 0.15) is 5.56 Å². The first kappa shape index (κ1) is 21.8. The number of hydrogen-bond acceptors (Lipinski definition) is 4. The van der Waals surface area contributed by atoms with E-state index in [0.717, 1.165) is 17.7 Å². The highest BCUT2D eigenvalue weighted by Crippen LogP contribution is 2.20. The van der Waals surface area contributed by atoms with Crippen LogP contribution >= 0.6 is 0 Å². The van der Waals surface area contributed by atoms with E-state index in [2.05, 4.69) is 5.32 Å². The maximum atomic E-state index is 13.9. The second-order valence-electron chi connectivity index (χ2n) is 6.44. The van der Waals surface area contributed by atoms with Crippen LogP contribution in [0.2, 0.25) is 0 Å². The van der Waals surface area contributed by atoms with Gasteiger partial charge in [-0.15, -0.1) is 5.12 Å². The number of carbonyl (C=O) groups is 2. The minimum atomic E-state index is -1.11. The molecule has 3 aromatic rings. The van der Waals surface area contributed by atoms with Gasteiger partial charge in [-0.1, -0.05) is 46.9 Å². The number of ether oxygens (including phenoxy) is 2. The SMILES string of the molecule is O=C(COc1ccc(OCc2ccccc2)cc1)NCC(=O)N(F)c1ccccc1F. The molecule has 31 heavy (non-hydrogen) atoms. The van der Waals surface area contributed by atoms with Crippen molar-refractivity contribution in [3.05, 3.63) is 90.2 Å². The van der Waals surface area contributed by atoms with Crippen LogP contribution in [-0.2, 0) is 16.2 Å². The zero-order chi connectivity index (χ0) is 22.1. The molecule has 3 aromatic carbocycles. The smallest absolute Gasteiger partial charge is 0.274 e. The van der Waals surface area contributed by atoms with Crippen LogP contribution < -0.4 is 19.9 Å². The molecule has 0 saturated carbocycles. The summed E-state index contributed by atoms with van der Waals surface area (Å²) in [5.74, 6) is -1.56. The molecule has 0 atom stereocenters. The summed E-state index contributed by atoms with van der Waals surface area (Å²) in [5, 5.41) is 1.89. The molecule has 0 aliphatic carbocycles. The number of rotatable bonds is 9. The number of hydrogen-bond donors (Lipinski definition) is 1. The van der Waals surface area contributed by atoms with Crippen molar-refractivity contribution in [2.75, 3.05) is 18.3 Å². The van der Waals surface area contributed by atoms with Gasteiger partial charge in [-0.3, -0.25) is 9.59 Å². The van der Waals surface area contributed by atoms with Gasteiger partial charge in [0.1, 0.15) is 29.6 Å². The van der Waals surface area contributed by atoms with E-state index < -0.39 is 29.9 Å². The van der Waals surface area contributed by atoms with Gasteiger partial charge in [0.05, 0.1) is 6.54 Å². The lowest BCUT2D eigenvalue weighted by molar-refractivity contribution is -0.127. The molecule has 3 rings (SSSR count). The third-order valence-corrected chi connectivity index (χ3v) is 4.16. The molecular formula is C23H20F2N2O4. The largest absolute Gasteiger partial charge is 0.489 e. The monoisotopic (exact) mass is 426 g/mol.